The summed E-state index contributed by atoms with van der Waals surface area (Å²) in [4.78, 5) is 20.4. The van der Waals surface area contributed by atoms with E-state index in [0.29, 0.717) is 18.0 Å². The average molecular weight is 406 g/mol. The summed E-state index contributed by atoms with van der Waals surface area (Å²) in [7, 11) is 1.87. The van der Waals surface area contributed by atoms with Gasteiger partial charge in [-0.1, -0.05) is 30.3 Å². The zero-order valence-electron chi connectivity index (χ0n) is 17.3. The first-order valence-corrected chi connectivity index (χ1v) is 10.7. The molecule has 2 fully saturated rings. The first kappa shape index (κ1) is 19.2. The molecule has 0 radical (unpaired) electrons. The van der Waals surface area contributed by atoms with Gasteiger partial charge in [0.15, 0.2) is 5.65 Å². The van der Waals surface area contributed by atoms with Gasteiger partial charge in [-0.25, -0.2) is 4.98 Å². The Morgan fingerprint density at radius 3 is 2.73 bits per heavy atom. The van der Waals surface area contributed by atoms with Crippen LogP contribution < -0.4 is 5.32 Å². The van der Waals surface area contributed by atoms with Gasteiger partial charge in [-0.15, -0.1) is 0 Å². The van der Waals surface area contributed by atoms with Crippen LogP contribution in [-0.2, 0) is 11.8 Å². The van der Waals surface area contributed by atoms with Crippen LogP contribution in [0.5, 0.6) is 0 Å². The van der Waals surface area contributed by atoms with E-state index in [-0.39, 0.29) is 11.9 Å². The van der Waals surface area contributed by atoms with Crippen molar-refractivity contribution in [1.82, 2.24) is 25.0 Å². The van der Waals surface area contributed by atoms with Crippen molar-refractivity contribution in [2.24, 2.45) is 7.05 Å². The van der Waals surface area contributed by atoms with E-state index >= 15 is 0 Å². The second-order valence-corrected chi connectivity index (χ2v) is 8.16. The Labute approximate surface area is 176 Å². The molecule has 0 unspecified atom stereocenters. The monoisotopic (exact) mass is 405 g/mol. The number of nitrogens with zero attached hydrogens (tertiary/aromatic N) is 4. The molecular weight excluding hydrogens is 378 g/mol. The van der Waals surface area contributed by atoms with Gasteiger partial charge in [-0.05, 0) is 24.5 Å². The minimum absolute atomic E-state index is 0.0634. The Bertz CT molecular complexity index is 1040. The molecule has 7 heteroatoms. The van der Waals surface area contributed by atoms with E-state index < -0.39 is 0 Å². The SMILES string of the molecule is Cn1ncc2c(C(=O)NC[C@H](c3ccccc3)N3CCOCC3)cc(C3CC3)nc21. The number of hydrogen-bond acceptors (Lipinski definition) is 5. The molecule has 2 aliphatic rings. The van der Waals surface area contributed by atoms with E-state index in [2.05, 4.69) is 39.6 Å². The Morgan fingerprint density at radius 1 is 1.23 bits per heavy atom. The quantitative estimate of drug-likeness (QED) is 0.683. The minimum Gasteiger partial charge on any atom is -0.379 e. The molecule has 1 atom stereocenters. The number of morpholine rings is 1. The predicted octanol–water partition coefficient (Wildman–Crippen LogP) is 2.65. The molecule has 1 saturated carbocycles. The number of aryl methyl sites for hydroxylation is 1. The zero-order chi connectivity index (χ0) is 20.5. The van der Waals surface area contributed by atoms with Crippen molar-refractivity contribution in [3.63, 3.8) is 0 Å². The molecule has 30 heavy (non-hydrogen) atoms. The summed E-state index contributed by atoms with van der Waals surface area (Å²) in [6.45, 7) is 3.73. The van der Waals surface area contributed by atoms with E-state index in [4.69, 9.17) is 9.72 Å². The fourth-order valence-corrected chi connectivity index (χ4v) is 4.22. The molecule has 156 valence electrons. The molecule has 1 aromatic carbocycles. The van der Waals surface area contributed by atoms with Gasteiger partial charge >= 0.3 is 0 Å². The number of aromatic nitrogens is 3. The largest absolute Gasteiger partial charge is 0.379 e. The maximum absolute atomic E-state index is 13.3. The summed E-state index contributed by atoms with van der Waals surface area (Å²) >= 11 is 0. The Morgan fingerprint density at radius 2 is 2.00 bits per heavy atom. The number of pyridine rings is 1. The molecule has 0 spiro atoms. The highest BCUT2D eigenvalue weighted by Crippen LogP contribution is 2.40. The molecule has 3 aromatic rings. The fraction of sp³-hybridized carbons (Fsp3) is 0.435. The maximum atomic E-state index is 13.3. The lowest BCUT2D eigenvalue weighted by Gasteiger charge is -2.35. The summed E-state index contributed by atoms with van der Waals surface area (Å²) in [5.41, 5.74) is 3.66. The molecule has 1 N–H and O–H groups in total. The van der Waals surface area contributed by atoms with Gasteiger partial charge in [-0.3, -0.25) is 14.4 Å². The summed E-state index contributed by atoms with van der Waals surface area (Å²) in [5, 5.41) is 8.33. The second-order valence-electron chi connectivity index (χ2n) is 8.16. The van der Waals surface area contributed by atoms with E-state index in [1.807, 2.05) is 19.2 Å². The number of ether oxygens (including phenoxy) is 1. The normalized spacial score (nSPS) is 18.4. The van der Waals surface area contributed by atoms with Crippen molar-refractivity contribution < 1.29 is 9.53 Å². The number of benzene rings is 1. The number of nitrogens with one attached hydrogen (secondary N) is 1. The summed E-state index contributed by atoms with van der Waals surface area (Å²) in [6.07, 6.45) is 4.03. The highest BCUT2D eigenvalue weighted by Gasteiger charge is 2.28. The first-order chi connectivity index (χ1) is 14.7. The van der Waals surface area contributed by atoms with Crippen molar-refractivity contribution in [2.45, 2.75) is 24.8 Å². The second kappa shape index (κ2) is 8.16. The molecule has 3 heterocycles. The number of hydrogen-bond donors (Lipinski definition) is 1. The lowest BCUT2D eigenvalue weighted by atomic mass is 10.0. The molecule has 0 bridgehead atoms. The lowest BCUT2D eigenvalue weighted by molar-refractivity contribution is 0.0162. The van der Waals surface area contributed by atoms with Gasteiger partial charge in [0.05, 0.1) is 36.4 Å². The predicted molar refractivity (Wildman–Crippen MR) is 114 cm³/mol. The van der Waals surface area contributed by atoms with Crippen LogP contribution in [0, 0.1) is 0 Å². The first-order valence-electron chi connectivity index (χ1n) is 10.7. The highest BCUT2D eigenvalue weighted by atomic mass is 16.5. The van der Waals surface area contributed by atoms with Crippen LogP contribution in [-0.4, -0.2) is 58.4 Å². The third-order valence-electron chi connectivity index (χ3n) is 6.09. The van der Waals surface area contributed by atoms with Gasteiger partial charge in [0, 0.05) is 38.3 Å². The molecular formula is C23H27N5O2. The average Bonchev–Trinajstić information content (AvgIpc) is 3.58. The van der Waals surface area contributed by atoms with Crippen LogP contribution in [0.3, 0.4) is 0 Å². The maximum Gasteiger partial charge on any atom is 0.252 e. The number of amides is 1. The zero-order valence-corrected chi connectivity index (χ0v) is 17.3. The molecule has 7 nitrogen and oxygen atoms in total. The highest BCUT2D eigenvalue weighted by molar-refractivity contribution is 6.05. The topological polar surface area (TPSA) is 72.3 Å². The Balaban J connectivity index is 1.40. The summed E-state index contributed by atoms with van der Waals surface area (Å²) < 4.78 is 7.28. The van der Waals surface area contributed by atoms with Crippen LogP contribution in [0.2, 0.25) is 0 Å². The number of carbonyl (C=O) groups is 1. The number of carbonyl (C=O) groups excluding carboxylic acids is 1. The standard InChI is InChI=1S/C23H27N5O2/c1-27-22-19(14-25-27)18(13-20(26-22)16-7-8-16)23(29)24-15-21(17-5-3-2-4-6-17)28-9-11-30-12-10-28/h2-6,13-14,16,21H,7-12,15H2,1H3,(H,24,29)/t21-/m1/s1. The third kappa shape index (κ3) is 3.82. The lowest BCUT2D eigenvalue weighted by Crippen LogP contribution is -2.43. The van der Waals surface area contributed by atoms with Crippen molar-refractivity contribution >= 4 is 16.9 Å². The van der Waals surface area contributed by atoms with E-state index in [9.17, 15) is 4.79 Å². The van der Waals surface area contributed by atoms with Crippen LogP contribution >= 0.6 is 0 Å². The van der Waals surface area contributed by atoms with Gasteiger partial charge in [0.2, 0.25) is 0 Å². The van der Waals surface area contributed by atoms with Gasteiger partial charge in [-0.2, -0.15) is 5.10 Å². The van der Waals surface area contributed by atoms with E-state index in [1.54, 1.807) is 10.9 Å². The molecule has 1 aliphatic carbocycles. The van der Waals surface area contributed by atoms with E-state index in [0.717, 1.165) is 55.9 Å². The van der Waals surface area contributed by atoms with Crippen molar-refractivity contribution in [3.8, 4) is 0 Å². The minimum atomic E-state index is -0.0634. The Hall–Kier alpha value is -2.77. The van der Waals surface area contributed by atoms with Crippen molar-refractivity contribution in [3.05, 3.63) is 59.4 Å². The van der Waals surface area contributed by atoms with Crippen LogP contribution in [0.4, 0.5) is 0 Å². The molecule has 1 saturated heterocycles. The van der Waals surface area contributed by atoms with E-state index in [1.165, 1.54) is 5.56 Å². The molecule has 1 amide bonds. The molecule has 2 aromatic heterocycles. The van der Waals surface area contributed by atoms with Gasteiger partial charge in [0.25, 0.3) is 5.91 Å². The third-order valence-corrected chi connectivity index (χ3v) is 6.09. The Kier molecular flexibility index (Phi) is 5.23. The number of fused-ring (bicyclic) bond motifs is 1. The number of rotatable bonds is 6. The smallest absolute Gasteiger partial charge is 0.252 e. The van der Waals surface area contributed by atoms with Crippen molar-refractivity contribution in [2.75, 3.05) is 32.8 Å². The van der Waals surface area contributed by atoms with Crippen LogP contribution in [0.1, 0.15) is 46.4 Å². The molecule has 5 rings (SSSR count). The summed E-state index contributed by atoms with van der Waals surface area (Å²) in [5.74, 6) is 0.410. The fourth-order valence-electron chi connectivity index (χ4n) is 4.22. The van der Waals surface area contributed by atoms with Crippen LogP contribution in [0.25, 0.3) is 11.0 Å². The van der Waals surface area contributed by atoms with Crippen LogP contribution in [0.15, 0.2) is 42.6 Å². The van der Waals surface area contributed by atoms with Gasteiger partial charge < -0.3 is 10.1 Å². The van der Waals surface area contributed by atoms with Gasteiger partial charge in [0.1, 0.15) is 0 Å². The van der Waals surface area contributed by atoms with Crippen molar-refractivity contribution in [1.29, 1.82) is 0 Å². The summed E-state index contributed by atoms with van der Waals surface area (Å²) in [6, 6.07) is 12.5. The molecule has 1 aliphatic heterocycles.